The van der Waals surface area contributed by atoms with Crippen LogP contribution in [0, 0.1) is 0 Å². The molecule has 116 valence electrons. The Bertz CT molecular complexity index is 637. The normalized spacial score (nSPS) is 22.8. The Morgan fingerprint density at radius 2 is 1.81 bits per heavy atom. The maximum absolute atomic E-state index is 12.6. The van der Waals surface area contributed by atoms with Gasteiger partial charge in [-0.2, -0.15) is 4.31 Å². The van der Waals surface area contributed by atoms with E-state index in [-0.39, 0.29) is 15.1 Å². The van der Waals surface area contributed by atoms with Crippen molar-refractivity contribution in [3.05, 3.63) is 22.4 Å². The van der Waals surface area contributed by atoms with E-state index in [0.717, 1.165) is 0 Å². The Kier molecular flexibility index (Phi) is 4.15. The summed E-state index contributed by atoms with van der Waals surface area (Å²) < 4.78 is 37.7. The third-order valence-electron chi connectivity index (χ3n) is 3.71. The summed E-state index contributed by atoms with van der Waals surface area (Å²) in [5, 5.41) is 0.203. The smallest absolute Gasteiger partial charge is 0.244 e. The van der Waals surface area contributed by atoms with Gasteiger partial charge in [0.2, 0.25) is 10.0 Å². The van der Waals surface area contributed by atoms with Crippen LogP contribution in [-0.2, 0) is 19.5 Å². The van der Waals surface area contributed by atoms with Crippen LogP contribution in [0.3, 0.4) is 0 Å². The largest absolute Gasteiger partial charge is 0.347 e. The first-order valence-electron chi connectivity index (χ1n) is 6.52. The molecule has 9 heteroatoms. The molecular weight excluding hydrogens is 339 g/mol. The number of rotatable bonds is 2. The molecular formula is C12H14Cl2N2O4S. The Balaban J connectivity index is 1.78. The van der Waals surface area contributed by atoms with Crippen molar-refractivity contribution in [2.24, 2.45) is 0 Å². The van der Waals surface area contributed by atoms with E-state index in [2.05, 4.69) is 4.98 Å². The second kappa shape index (κ2) is 5.64. The molecule has 2 saturated heterocycles. The number of aromatic nitrogens is 1. The monoisotopic (exact) mass is 352 g/mol. The van der Waals surface area contributed by atoms with Gasteiger partial charge in [-0.05, 0) is 6.07 Å². The molecule has 2 aliphatic rings. The molecule has 21 heavy (non-hydrogen) atoms. The van der Waals surface area contributed by atoms with Crippen LogP contribution in [0.4, 0.5) is 0 Å². The van der Waals surface area contributed by atoms with Gasteiger partial charge in [0, 0.05) is 32.1 Å². The van der Waals surface area contributed by atoms with Crippen LogP contribution in [0.1, 0.15) is 12.8 Å². The first kappa shape index (κ1) is 15.5. The number of hydrogen-bond donors (Lipinski definition) is 0. The van der Waals surface area contributed by atoms with Crippen LogP contribution in [0.5, 0.6) is 0 Å². The molecule has 0 saturated carbocycles. The highest BCUT2D eigenvalue weighted by atomic mass is 35.5. The third kappa shape index (κ3) is 2.91. The van der Waals surface area contributed by atoms with Crippen molar-refractivity contribution in [2.45, 2.75) is 23.5 Å². The maximum Gasteiger partial charge on any atom is 0.244 e. The van der Waals surface area contributed by atoms with Gasteiger partial charge in [0.25, 0.3) is 0 Å². The fourth-order valence-electron chi connectivity index (χ4n) is 2.55. The number of hydrogen-bond acceptors (Lipinski definition) is 5. The minimum Gasteiger partial charge on any atom is -0.347 e. The van der Waals surface area contributed by atoms with Gasteiger partial charge in [-0.1, -0.05) is 23.2 Å². The summed E-state index contributed by atoms with van der Waals surface area (Å²) in [6, 6.07) is 1.32. The van der Waals surface area contributed by atoms with Crippen LogP contribution >= 0.6 is 23.2 Å². The second-order valence-corrected chi connectivity index (χ2v) is 7.66. The van der Waals surface area contributed by atoms with Crippen LogP contribution in [0.15, 0.2) is 17.2 Å². The van der Waals surface area contributed by atoms with Crippen molar-refractivity contribution in [2.75, 3.05) is 26.3 Å². The lowest BCUT2D eigenvalue weighted by Crippen LogP contribution is -2.47. The molecule has 0 amide bonds. The third-order valence-corrected chi connectivity index (χ3v) is 6.26. The van der Waals surface area contributed by atoms with E-state index in [9.17, 15) is 8.42 Å². The lowest BCUT2D eigenvalue weighted by molar-refractivity contribution is -0.179. The van der Waals surface area contributed by atoms with Gasteiger partial charge in [0.05, 0.1) is 18.2 Å². The number of halogens is 2. The van der Waals surface area contributed by atoms with Crippen LogP contribution in [-0.4, -0.2) is 49.8 Å². The number of nitrogens with zero attached hydrogens (tertiary/aromatic N) is 2. The lowest BCUT2D eigenvalue weighted by Gasteiger charge is -2.36. The van der Waals surface area contributed by atoms with Crippen LogP contribution in [0.25, 0.3) is 0 Å². The molecule has 1 spiro atoms. The van der Waals surface area contributed by atoms with Gasteiger partial charge in [0.15, 0.2) is 5.79 Å². The summed E-state index contributed by atoms with van der Waals surface area (Å²) in [4.78, 5) is 3.83. The quantitative estimate of drug-likeness (QED) is 0.760. The molecule has 1 aromatic heterocycles. The van der Waals surface area contributed by atoms with Crippen molar-refractivity contribution < 1.29 is 17.9 Å². The van der Waals surface area contributed by atoms with E-state index < -0.39 is 15.8 Å². The number of sulfonamides is 1. The van der Waals surface area contributed by atoms with Gasteiger partial charge in [-0.15, -0.1) is 0 Å². The summed E-state index contributed by atoms with van der Waals surface area (Å²) in [5.41, 5.74) is 0. The summed E-state index contributed by atoms with van der Waals surface area (Å²) >= 11 is 11.6. The molecule has 2 fully saturated rings. The van der Waals surface area contributed by atoms with Gasteiger partial charge >= 0.3 is 0 Å². The van der Waals surface area contributed by atoms with E-state index >= 15 is 0 Å². The molecule has 3 rings (SSSR count). The predicted molar refractivity (Wildman–Crippen MR) is 76.9 cm³/mol. The molecule has 0 atom stereocenters. The molecule has 2 aliphatic heterocycles. The number of pyridine rings is 1. The Hall–Kier alpha value is -0.440. The Morgan fingerprint density at radius 1 is 1.19 bits per heavy atom. The molecule has 1 aromatic rings. The molecule has 0 unspecified atom stereocenters. The van der Waals surface area contributed by atoms with E-state index in [1.165, 1.54) is 16.6 Å². The minimum atomic E-state index is -3.63. The van der Waals surface area contributed by atoms with E-state index in [1.807, 2.05) is 0 Å². The van der Waals surface area contributed by atoms with Gasteiger partial charge in [-0.25, -0.2) is 13.4 Å². The van der Waals surface area contributed by atoms with Crippen molar-refractivity contribution in [3.8, 4) is 0 Å². The summed E-state index contributed by atoms with van der Waals surface area (Å²) in [6.07, 6.45) is 2.25. The highest BCUT2D eigenvalue weighted by Gasteiger charge is 2.42. The molecule has 3 heterocycles. The molecule has 6 nitrogen and oxygen atoms in total. The average molecular weight is 353 g/mol. The van der Waals surface area contributed by atoms with Crippen molar-refractivity contribution in [1.29, 1.82) is 0 Å². The Morgan fingerprint density at radius 3 is 2.38 bits per heavy atom. The second-order valence-electron chi connectivity index (χ2n) is 4.96. The maximum atomic E-state index is 12.6. The number of ether oxygens (including phenoxy) is 2. The van der Waals surface area contributed by atoms with Crippen LogP contribution < -0.4 is 0 Å². The summed E-state index contributed by atoms with van der Waals surface area (Å²) in [6.45, 7) is 1.79. The lowest BCUT2D eigenvalue weighted by atomic mass is 10.1. The van der Waals surface area contributed by atoms with Gasteiger partial charge in [-0.3, -0.25) is 0 Å². The highest BCUT2D eigenvalue weighted by Crippen LogP contribution is 2.33. The van der Waals surface area contributed by atoms with Crippen molar-refractivity contribution >= 4 is 33.2 Å². The van der Waals surface area contributed by atoms with Crippen molar-refractivity contribution in [1.82, 2.24) is 9.29 Å². The highest BCUT2D eigenvalue weighted by molar-refractivity contribution is 7.89. The first-order valence-corrected chi connectivity index (χ1v) is 8.72. The minimum absolute atomic E-state index is 0.0427. The van der Waals surface area contributed by atoms with E-state index in [4.69, 9.17) is 32.7 Å². The molecule has 0 radical (unpaired) electrons. The Labute approximate surface area is 133 Å². The summed E-state index contributed by atoms with van der Waals surface area (Å²) in [7, 11) is -3.63. The standard InChI is InChI=1S/C12H14Cl2N2O4S/c13-10-7-9(8-15-11(10)14)21(17,18)16-3-1-12(2-4-16)19-5-6-20-12/h7-8H,1-6H2. The van der Waals surface area contributed by atoms with Crippen molar-refractivity contribution in [3.63, 3.8) is 0 Å². The fraction of sp³-hybridized carbons (Fsp3) is 0.583. The molecule has 0 aromatic carbocycles. The molecule has 0 aliphatic carbocycles. The number of piperidine rings is 1. The first-order chi connectivity index (χ1) is 9.93. The topological polar surface area (TPSA) is 68.7 Å². The SMILES string of the molecule is O=S(=O)(c1cnc(Cl)c(Cl)c1)N1CCC2(CC1)OCCO2. The zero-order chi connectivity index (χ0) is 15.1. The predicted octanol–water partition coefficient (Wildman–Crippen LogP) is 1.92. The zero-order valence-corrected chi connectivity index (χ0v) is 13.4. The zero-order valence-electron chi connectivity index (χ0n) is 11.1. The summed E-state index contributed by atoms with van der Waals surface area (Å²) in [5.74, 6) is -0.609. The van der Waals surface area contributed by atoms with E-state index in [0.29, 0.717) is 39.1 Å². The van der Waals surface area contributed by atoms with Crippen LogP contribution in [0.2, 0.25) is 10.2 Å². The van der Waals surface area contributed by atoms with Gasteiger partial charge < -0.3 is 9.47 Å². The van der Waals surface area contributed by atoms with Gasteiger partial charge in [0.1, 0.15) is 10.0 Å². The molecule has 0 bridgehead atoms. The fourth-order valence-corrected chi connectivity index (χ4v) is 4.30. The molecule has 0 N–H and O–H groups in total. The van der Waals surface area contributed by atoms with E-state index in [1.54, 1.807) is 0 Å². The average Bonchev–Trinajstić information content (AvgIpc) is 2.90.